The summed E-state index contributed by atoms with van der Waals surface area (Å²) in [7, 11) is 1.70. The van der Waals surface area contributed by atoms with Gasteiger partial charge in [0.15, 0.2) is 6.10 Å². The Hall–Kier alpha value is -2.93. The third kappa shape index (κ3) is 12.7. The third-order valence-electron chi connectivity index (χ3n) is 10.4. The summed E-state index contributed by atoms with van der Waals surface area (Å²) in [6, 6.07) is 0.0827. The molecule has 3 aliphatic rings. The lowest BCUT2D eigenvalue weighted by atomic mass is 9.89. The second-order valence-corrected chi connectivity index (χ2v) is 15.0. The van der Waals surface area contributed by atoms with E-state index in [-0.39, 0.29) is 54.5 Å². The van der Waals surface area contributed by atoms with E-state index in [0.717, 1.165) is 37.7 Å². The van der Waals surface area contributed by atoms with Gasteiger partial charge in [-0.2, -0.15) is 0 Å². The molecule has 12 heteroatoms. The van der Waals surface area contributed by atoms with E-state index in [9.17, 15) is 29.8 Å². The summed E-state index contributed by atoms with van der Waals surface area (Å²) in [5, 5.41) is 35.9. The predicted octanol–water partition coefficient (Wildman–Crippen LogP) is 5.86. The standard InChI is InChI=1S/C38H63N3O9/c1-7-21-39(6)36(44)48-27-28(2)13-12-14-29(3)35-30(4)17-18-33(38(5,46)20-19-32(42)26-34(43)50-35)49-37(45)40-22-24-41(47,25-23-40)31-15-10-8-9-11-16-31/h12-14,17-18,28,30-33,35,42,46H,7-11,15-16,19-27H2,1-6H3/b13-12+,18-17+,29-14+/t28-,30-,32-,33-,35+,38-/m0/s1. The molecule has 1 saturated carbocycles. The van der Waals surface area contributed by atoms with Crippen molar-refractivity contribution in [2.24, 2.45) is 11.8 Å². The fourth-order valence-corrected chi connectivity index (χ4v) is 7.00. The number of hydroxylamine groups is 3. The molecule has 2 fully saturated rings. The molecule has 0 spiro atoms. The molecule has 2 amide bonds. The van der Waals surface area contributed by atoms with Crippen LogP contribution in [0.25, 0.3) is 0 Å². The largest absolute Gasteiger partial charge is 0.632 e. The van der Waals surface area contributed by atoms with E-state index >= 15 is 0 Å². The lowest BCUT2D eigenvalue weighted by Crippen LogP contribution is -2.61. The number of hydrogen-bond acceptors (Lipinski definition) is 9. The van der Waals surface area contributed by atoms with E-state index in [0.29, 0.717) is 32.7 Å². The lowest BCUT2D eigenvalue weighted by molar-refractivity contribution is -0.909. The summed E-state index contributed by atoms with van der Waals surface area (Å²) in [5.41, 5.74) is -0.787. The van der Waals surface area contributed by atoms with Crippen molar-refractivity contribution in [3.8, 4) is 0 Å². The number of cyclic esters (lactones) is 1. The Morgan fingerprint density at radius 2 is 1.84 bits per heavy atom. The number of rotatable bonds is 9. The molecule has 0 bridgehead atoms. The molecular weight excluding hydrogens is 642 g/mol. The minimum Gasteiger partial charge on any atom is -0.632 e. The van der Waals surface area contributed by atoms with Gasteiger partial charge in [-0.1, -0.05) is 57.9 Å². The van der Waals surface area contributed by atoms with Crippen LogP contribution in [0.2, 0.25) is 0 Å². The van der Waals surface area contributed by atoms with Crippen LogP contribution in [-0.4, -0.2) is 119 Å². The molecule has 2 aliphatic heterocycles. The Morgan fingerprint density at radius 1 is 1.18 bits per heavy atom. The van der Waals surface area contributed by atoms with Gasteiger partial charge in [0.25, 0.3) is 0 Å². The van der Waals surface area contributed by atoms with E-state index in [1.54, 1.807) is 35.9 Å². The average molecular weight is 706 g/mol. The minimum atomic E-state index is -1.53. The van der Waals surface area contributed by atoms with Crippen molar-refractivity contribution in [2.45, 2.75) is 129 Å². The fraction of sp³-hybridized carbons (Fsp3) is 0.763. The summed E-state index contributed by atoms with van der Waals surface area (Å²) in [6.45, 7) is 11.3. The molecule has 1 saturated heterocycles. The first-order chi connectivity index (χ1) is 23.6. The van der Waals surface area contributed by atoms with Gasteiger partial charge in [0, 0.05) is 25.4 Å². The van der Waals surface area contributed by atoms with Crippen molar-refractivity contribution in [3.63, 3.8) is 0 Å². The minimum absolute atomic E-state index is 0.0530. The van der Waals surface area contributed by atoms with E-state index in [1.807, 2.05) is 45.9 Å². The molecule has 0 aromatic rings. The summed E-state index contributed by atoms with van der Waals surface area (Å²) in [4.78, 5) is 41.5. The first-order valence-corrected chi connectivity index (χ1v) is 18.7. The molecule has 0 unspecified atom stereocenters. The van der Waals surface area contributed by atoms with Crippen molar-refractivity contribution in [1.82, 2.24) is 9.80 Å². The Labute approximate surface area is 299 Å². The quantitative estimate of drug-likeness (QED) is 0.0572. The molecule has 0 radical (unpaired) electrons. The van der Waals surface area contributed by atoms with Gasteiger partial charge in [0.05, 0.1) is 51.4 Å². The number of carbonyl (C=O) groups is 3. The monoisotopic (exact) mass is 705 g/mol. The number of hydrogen-bond donors (Lipinski definition) is 2. The first kappa shape index (κ1) is 41.5. The molecule has 50 heavy (non-hydrogen) atoms. The zero-order valence-electron chi connectivity index (χ0n) is 31.3. The van der Waals surface area contributed by atoms with Crippen LogP contribution >= 0.6 is 0 Å². The number of aliphatic hydroxyl groups excluding tert-OH is 1. The number of nitrogens with zero attached hydrogens (tertiary/aromatic N) is 3. The number of aliphatic hydroxyl groups is 2. The van der Waals surface area contributed by atoms with Crippen molar-refractivity contribution in [3.05, 3.63) is 41.2 Å². The highest BCUT2D eigenvalue weighted by atomic mass is 16.6. The number of esters is 1. The van der Waals surface area contributed by atoms with Crippen LogP contribution < -0.4 is 0 Å². The lowest BCUT2D eigenvalue weighted by Gasteiger charge is -2.53. The van der Waals surface area contributed by atoms with E-state index in [1.165, 1.54) is 12.8 Å². The molecule has 2 N–H and O–H groups in total. The smallest absolute Gasteiger partial charge is 0.410 e. The summed E-state index contributed by atoms with van der Waals surface area (Å²) < 4.78 is 16.9. The van der Waals surface area contributed by atoms with E-state index < -0.39 is 36.0 Å². The van der Waals surface area contributed by atoms with Crippen LogP contribution in [-0.2, 0) is 19.0 Å². The zero-order valence-corrected chi connectivity index (χ0v) is 31.3. The number of carbonyl (C=O) groups excluding carboxylic acids is 3. The van der Waals surface area contributed by atoms with Gasteiger partial charge >= 0.3 is 18.2 Å². The summed E-state index contributed by atoms with van der Waals surface area (Å²) in [5.74, 6) is -0.985. The van der Waals surface area contributed by atoms with Gasteiger partial charge in [-0.05, 0) is 70.4 Å². The van der Waals surface area contributed by atoms with Crippen LogP contribution in [0.3, 0.4) is 0 Å². The average Bonchev–Trinajstić information content (AvgIpc) is 3.37. The van der Waals surface area contributed by atoms with Gasteiger partial charge in [0.1, 0.15) is 11.7 Å². The molecule has 0 aromatic heterocycles. The molecule has 0 aromatic carbocycles. The van der Waals surface area contributed by atoms with Crippen LogP contribution in [0.4, 0.5) is 9.59 Å². The van der Waals surface area contributed by atoms with Gasteiger partial charge < -0.3 is 39.2 Å². The van der Waals surface area contributed by atoms with Gasteiger partial charge in [0.2, 0.25) is 0 Å². The molecule has 6 atom stereocenters. The van der Waals surface area contributed by atoms with Crippen molar-refractivity contribution in [1.29, 1.82) is 0 Å². The maximum absolute atomic E-state index is 13.7. The van der Waals surface area contributed by atoms with Crippen LogP contribution in [0.5, 0.6) is 0 Å². The highest BCUT2D eigenvalue weighted by Crippen LogP contribution is 2.30. The second-order valence-electron chi connectivity index (χ2n) is 15.0. The fourth-order valence-electron chi connectivity index (χ4n) is 7.00. The Kier molecular flexibility index (Phi) is 16.3. The maximum atomic E-state index is 13.7. The number of amides is 2. The number of allylic oxidation sites excluding steroid dienone is 2. The number of ether oxygens (including phenoxy) is 3. The van der Waals surface area contributed by atoms with Crippen LogP contribution in [0.15, 0.2) is 36.0 Å². The van der Waals surface area contributed by atoms with Crippen LogP contribution in [0.1, 0.15) is 98.8 Å². The SMILES string of the molecule is CCCN(C)C(=O)OC[C@@H](C)/C=C/C=C(\C)[C@H]1OC(=O)C[C@@H](O)CC[C@](C)(O)[C@@H](OC(=O)N2CC[N+]([O-])(C3CCCCCC3)CC2)/C=C/[C@@H]1C. The van der Waals surface area contributed by atoms with Crippen molar-refractivity contribution >= 4 is 18.2 Å². The molecule has 12 nitrogen and oxygen atoms in total. The van der Waals surface area contributed by atoms with E-state index in [4.69, 9.17) is 14.2 Å². The summed E-state index contributed by atoms with van der Waals surface area (Å²) in [6.07, 6.45) is 12.4. The molecule has 284 valence electrons. The predicted molar refractivity (Wildman–Crippen MR) is 192 cm³/mol. The second kappa shape index (κ2) is 19.6. The van der Waals surface area contributed by atoms with Crippen molar-refractivity contribution in [2.75, 3.05) is 46.4 Å². The molecule has 1 aliphatic carbocycles. The van der Waals surface area contributed by atoms with E-state index in [2.05, 4.69) is 0 Å². The molecule has 3 rings (SSSR count). The first-order valence-electron chi connectivity index (χ1n) is 18.7. The van der Waals surface area contributed by atoms with Gasteiger partial charge in [-0.15, -0.1) is 0 Å². The third-order valence-corrected chi connectivity index (χ3v) is 10.4. The van der Waals surface area contributed by atoms with Crippen molar-refractivity contribution < 1.29 is 43.5 Å². The number of quaternary nitrogens is 1. The highest BCUT2D eigenvalue weighted by Gasteiger charge is 2.39. The highest BCUT2D eigenvalue weighted by molar-refractivity contribution is 5.70. The number of piperazine rings is 1. The maximum Gasteiger partial charge on any atom is 0.410 e. The van der Waals surface area contributed by atoms with Gasteiger partial charge in [-0.3, -0.25) is 9.69 Å². The normalized spacial score (nSPS) is 30.3. The molecular formula is C38H63N3O9. The Bertz CT molecular complexity index is 1190. The Morgan fingerprint density at radius 3 is 2.48 bits per heavy atom. The van der Waals surface area contributed by atoms with Gasteiger partial charge in [-0.25, -0.2) is 9.59 Å². The Balaban J connectivity index is 1.70. The topological polar surface area (TPSA) is 149 Å². The zero-order chi connectivity index (χ0) is 36.9. The van der Waals surface area contributed by atoms with Crippen LogP contribution in [0, 0.1) is 17.0 Å². The molecule has 2 heterocycles. The summed E-state index contributed by atoms with van der Waals surface area (Å²) >= 11 is 0.